The van der Waals surface area contributed by atoms with E-state index in [-0.39, 0.29) is 0 Å². The number of rotatable bonds is 5. The molecule has 1 aromatic carbocycles. The van der Waals surface area contributed by atoms with Gasteiger partial charge in [-0.15, -0.1) is 0 Å². The number of hydrogen-bond acceptors (Lipinski definition) is 2. The van der Waals surface area contributed by atoms with Gasteiger partial charge in [0.15, 0.2) is 0 Å². The van der Waals surface area contributed by atoms with Crippen LogP contribution in [0.5, 0.6) is 0 Å². The van der Waals surface area contributed by atoms with E-state index in [0.717, 1.165) is 29.1 Å². The van der Waals surface area contributed by atoms with E-state index in [1.165, 1.54) is 5.56 Å². The first-order valence-corrected chi connectivity index (χ1v) is 7.39. The summed E-state index contributed by atoms with van der Waals surface area (Å²) in [5, 5.41) is 5.80. The molecule has 1 aromatic heterocycles. The molecular formula is C15H19Cl2N3. The van der Waals surface area contributed by atoms with Crippen LogP contribution in [-0.4, -0.2) is 16.3 Å². The highest BCUT2D eigenvalue weighted by atomic mass is 35.5. The lowest BCUT2D eigenvalue weighted by Crippen LogP contribution is -2.19. The van der Waals surface area contributed by atoms with Gasteiger partial charge >= 0.3 is 0 Å². The van der Waals surface area contributed by atoms with Crippen LogP contribution >= 0.6 is 23.2 Å². The third-order valence-corrected chi connectivity index (χ3v) is 4.26. The first-order chi connectivity index (χ1) is 9.51. The SMILES string of the molecule is Cc1nn(C)c(Cl)c1CC(CN)Cc1ccc(Cl)cc1. The fourth-order valence-electron chi connectivity index (χ4n) is 2.39. The van der Waals surface area contributed by atoms with Crippen molar-refractivity contribution in [3.05, 3.63) is 51.3 Å². The molecule has 2 rings (SSSR count). The highest BCUT2D eigenvalue weighted by molar-refractivity contribution is 6.30. The predicted molar refractivity (Wildman–Crippen MR) is 84.4 cm³/mol. The molecular weight excluding hydrogens is 293 g/mol. The summed E-state index contributed by atoms with van der Waals surface area (Å²) in [5.41, 5.74) is 9.22. The Balaban J connectivity index is 2.11. The second-order valence-electron chi connectivity index (χ2n) is 5.11. The maximum atomic E-state index is 6.28. The Morgan fingerprint density at radius 1 is 1.20 bits per heavy atom. The van der Waals surface area contributed by atoms with Crippen molar-refractivity contribution < 1.29 is 0 Å². The number of aryl methyl sites for hydroxylation is 2. The minimum absolute atomic E-state index is 0.344. The molecule has 3 nitrogen and oxygen atoms in total. The van der Waals surface area contributed by atoms with Gasteiger partial charge in [0.1, 0.15) is 5.15 Å². The molecule has 0 bridgehead atoms. The number of hydrogen-bond donors (Lipinski definition) is 1. The lowest BCUT2D eigenvalue weighted by molar-refractivity contribution is 0.532. The van der Waals surface area contributed by atoms with Gasteiger partial charge in [-0.05, 0) is 49.9 Å². The van der Waals surface area contributed by atoms with Crippen LogP contribution < -0.4 is 5.73 Å². The molecule has 0 aliphatic heterocycles. The Hall–Kier alpha value is -1.03. The predicted octanol–water partition coefficient (Wildman–Crippen LogP) is 3.40. The molecule has 108 valence electrons. The third kappa shape index (κ3) is 3.54. The summed E-state index contributed by atoms with van der Waals surface area (Å²) in [6, 6.07) is 7.91. The van der Waals surface area contributed by atoms with Crippen molar-refractivity contribution in [2.45, 2.75) is 19.8 Å². The normalized spacial score (nSPS) is 12.7. The summed E-state index contributed by atoms with van der Waals surface area (Å²) in [5.74, 6) is 0.344. The van der Waals surface area contributed by atoms with Crippen molar-refractivity contribution in [2.24, 2.45) is 18.7 Å². The zero-order valence-electron chi connectivity index (χ0n) is 11.7. The summed E-state index contributed by atoms with van der Waals surface area (Å²) in [6.07, 6.45) is 1.76. The molecule has 1 unspecified atom stereocenters. The van der Waals surface area contributed by atoms with E-state index in [1.54, 1.807) is 4.68 Å². The third-order valence-electron chi connectivity index (χ3n) is 3.53. The van der Waals surface area contributed by atoms with Crippen LogP contribution in [0.3, 0.4) is 0 Å². The molecule has 0 radical (unpaired) electrons. The van der Waals surface area contributed by atoms with Crippen LogP contribution in [0.1, 0.15) is 16.8 Å². The van der Waals surface area contributed by atoms with Crippen LogP contribution in [0.15, 0.2) is 24.3 Å². The Labute approximate surface area is 129 Å². The van der Waals surface area contributed by atoms with Gasteiger partial charge in [-0.3, -0.25) is 4.68 Å². The van der Waals surface area contributed by atoms with E-state index in [9.17, 15) is 0 Å². The van der Waals surface area contributed by atoms with Crippen molar-refractivity contribution >= 4 is 23.2 Å². The zero-order chi connectivity index (χ0) is 14.7. The molecule has 2 aromatic rings. The van der Waals surface area contributed by atoms with Crippen LogP contribution in [-0.2, 0) is 19.9 Å². The van der Waals surface area contributed by atoms with Crippen molar-refractivity contribution in [3.63, 3.8) is 0 Å². The van der Waals surface area contributed by atoms with Crippen LogP contribution in [0, 0.1) is 12.8 Å². The Morgan fingerprint density at radius 3 is 2.35 bits per heavy atom. The number of halogens is 2. The molecule has 1 heterocycles. The summed E-state index contributed by atoms with van der Waals surface area (Å²) in [4.78, 5) is 0. The van der Waals surface area contributed by atoms with Gasteiger partial charge in [0.25, 0.3) is 0 Å². The second-order valence-corrected chi connectivity index (χ2v) is 5.91. The molecule has 0 fully saturated rings. The fraction of sp³-hybridized carbons (Fsp3) is 0.400. The number of nitrogens with zero attached hydrogens (tertiary/aromatic N) is 2. The maximum absolute atomic E-state index is 6.28. The Kier molecular flexibility index (Phi) is 5.08. The van der Waals surface area contributed by atoms with E-state index in [2.05, 4.69) is 5.10 Å². The van der Waals surface area contributed by atoms with E-state index < -0.39 is 0 Å². The highest BCUT2D eigenvalue weighted by Gasteiger charge is 2.16. The number of nitrogens with two attached hydrogens (primary N) is 1. The van der Waals surface area contributed by atoms with E-state index in [1.807, 2.05) is 38.2 Å². The van der Waals surface area contributed by atoms with Gasteiger partial charge in [0.2, 0.25) is 0 Å². The van der Waals surface area contributed by atoms with Gasteiger partial charge in [-0.1, -0.05) is 35.3 Å². The molecule has 20 heavy (non-hydrogen) atoms. The molecule has 0 amide bonds. The molecule has 0 aliphatic rings. The minimum Gasteiger partial charge on any atom is -0.330 e. The number of aromatic nitrogens is 2. The molecule has 0 saturated carbocycles. The van der Waals surface area contributed by atoms with Gasteiger partial charge < -0.3 is 5.73 Å². The smallest absolute Gasteiger partial charge is 0.130 e. The summed E-state index contributed by atoms with van der Waals surface area (Å²) in [6.45, 7) is 2.60. The molecule has 0 aliphatic carbocycles. The van der Waals surface area contributed by atoms with Crippen LogP contribution in [0.4, 0.5) is 0 Å². The summed E-state index contributed by atoms with van der Waals surface area (Å²) in [7, 11) is 1.86. The molecule has 0 saturated heterocycles. The van der Waals surface area contributed by atoms with E-state index >= 15 is 0 Å². The van der Waals surface area contributed by atoms with Crippen molar-refractivity contribution in [2.75, 3.05) is 6.54 Å². The second kappa shape index (κ2) is 6.61. The average molecular weight is 312 g/mol. The largest absolute Gasteiger partial charge is 0.330 e. The first-order valence-electron chi connectivity index (χ1n) is 6.63. The molecule has 0 spiro atoms. The van der Waals surface area contributed by atoms with E-state index in [0.29, 0.717) is 17.6 Å². The van der Waals surface area contributed by atoms with E-state index in [4.69, 9.17) is 28.9 Å². The first kappa shape index (κ1) is 15.4. The Morgan fingerprint density at radius 2 is 1.85 bits per heavy atom. The quantitative estimate of drug-likeness (QED) is 0.919. The molecule has 5 heteroatoms. The van der Waals surface area contributed by atoms with Gasteiger partial charge in [0, 0.05) is 17.6 Å². The highest BCUT2D eigenvalue weighted by Crippen LogP contribution is 2.23. The van der Waals surface area contributed by atoms with Crippen molar-refractivity contribution in [3.8, 4) is 0 Å². The lowest BCUT2D eigenvalue weighted by atomic mass is 9.93. The van der Waals surface area contributed by atoms with Gasteiger partial charge in [-0.2, -0.15) is 5.10 Å². The standard InChI is InChI=1S/C15H19Cl2N3/c1-10-14(15(17)20(2)19-10)8-12(9-18)7-11-3-5-13(16)6-4-11/h3-6,12H,7-9,18H2,1-2H3. The fourth-order valence-corrected chi connectivity index (χ4v) is 2.76. The summed E-state index contributed by atoms with van der Waals surface area (Å²) >= 11 is 12.2. The molecule has 1 atom stereocenters. The van der Waals surface area contributed by atoms with Crippen molar-refractivity contribution in [1.82, 2.24) is 9.78 Å². The van der Waals surface area contributed by atoms with Crippen molar-refractivity contribution in [1.29, 1.82) is 0 Å². The van der Waals surface area contributed by atoms with Gasteiger partial charge in [-0.25, -0.2) is 0 Å². The monoisotopic (exact) mass is 311 g/mol. The number of benzene rings is 1. The molecule has 2 N–H and O–H groups in total. The minimum atomic E-state index is 0.344. The zero-order valence-corrected chi connectivity index (χ0v) is 13.2. The van der Waals surface area contributed by atoms with Gasteiger partial charge in [0.05, 0.1) is 5.69 Å². The topological polar surface area (TPSA) is 43.8 Å². The van der Waals surface area contributed by atoms with Crippen LogP contribution in [0.25, 0.3) is 0 Å². The lowest BCUT2D eigenvalue weighted by Gasteiger charge is -2.15. The summed E-state index contributed by atoms with van der Waals surface area (Å²) < 4.78 is 1.71. The van der Waals surface area contributed by atoms with Crippen LogP contribution in [0.2, 0.25) is 10.2 Å². The maximum Gasteiger partial charge on any atom is 0.130 e. The average Bonchev–Trinajstić information content (AvgIpc) is 2.66. The Bertz CT molecular complexity index is 576.